The average Bonchev–Trinajstić information content (AvgIpc) is 2.85. The van der Waals surface area contributed by atoms with E-state index in [0.29, 0.717) is 0 Å². The molecule has 2 aromatic rings. The molecule has 0 saturated heterocycles. The second kappa shape index (κ2) is 6.15. The minimum absolute atomic E-state index is 0.0581. The molecule has 0 aliphatic rings. The molecule has 4 nitrogen and oxygen atoms in total. The van der Waals surface area contributed by atoms with E-state index in [1.165, 1.54) is 0 Å². The summed E-state index contributed by atoms with van der Waals surface area (Å²) >= 11 is 1.63. The van der Waals surface area contributed by atoms with Gasteiger partial charge in [0, 0.05) is 22.7 Å². The van der Waals surface area contributed by atoms with Crippen LogP contribution in [0.5, 0.6) is 0 Å². The predicted octanol–water partition coefficient (Wildman–Crippen LogP) is 3.04. The summed E-state index contributed by atoms with van der Waals surface area (Å²) in [6.07, 6.45) is 0. The minimum Gasteiger partial charge on any atom is -0.327 e. The molecule has 0 fully saturated rings. The lowest BCUT2D eigenvalue weighted by Crippen LogP contribution is -2.34. The van der Waals surface area contributed by atoms with Gasteiger partial charge >= 0.3 is 0 Å². The van der Waals surface area contributed by atoms with Crippen LogP contribution in [-0.4, -0.2) is 16.9 Å². The van der Waals surface area contributed by atoms with Gasteiger partial charge in [-0.3, -0.25) is 4.79 Å². The number of nitrogens with one attached hydrogen (secondary N) is 1. The first-order valence-electron chi connectivity index (χ1n) is 6.56. The van der Waals surface area contributed by atoms with Crippen molar-refractivity contribution >= 4 is 22.9 Å². The van der Waals surface area contributed by atoms with Gasteiger partial charge in [0.1, 0.15) is 0 Å². The van der Waals surface area contributed by atoms with Crippen molar-refractivity contribution < 1.29 is 4.79 Å². The Hall–Kier alpha value is -1.72. The Bertz CT molecular complexity index is 589. The Morgan fingerprint density at radius 3 is 2.45 bits per heavy atom. The zero-order valence-electron chi connectivity index (χ0n) is 11.9. The quantitative estimate of drug-likeness (QED) is 0.909. The van der Waals surface area contributed by atoms with Crippen molar-refractivity contribution in [2.24, 2.45) is 11.7 Å². The summed E-state index contributed by atoms with van der Waals surface area (Å²) in [7, 11) is 0. The number of thiazole rings is 1. The third-order valence-electron chi connectivity index (χ3n) is 3.27. The third-order valence-corrected chi connectivity index (χ3v) is 4.04. The molecule has 0 aliphatic heterocycles. The molecule has 0 aliphatic carbocycles. The van der Waals surface area contributed by atoms with Crippen LogP contribution in [0.3, 0.4) is 0 Å². The second-order valence-corrected chi connectivity index (χ2v) is 6.03. The van der Waals surface area contributed by atoms with Crippen LogP contribution in [0.1, 0.15) is 18.9 Å². The fourth-order valence-electron chi connectivity index (χ4n) is 1.72. The van der Waals surface area contributed by atoms with Crippen LogP contribution >= 0.6 is 11.3 Å². The van der Waals surface area contributed by atoms with E-state index in [1.807, 2.05) is 50.4 Å². The monoisotopic (exact) mass is 289 g/mol. The van der Waals surface area contributed by atoms with Gasteiger partial charge in [-0.05, 0) is 26.0 Å². The molecule has 1 aromatic heterocycles. The number of carbonyl (C=O) groups is 1. The van der Waals surface area contributed by atoms with E-state index >= 15 is 0 Å². The third kappa shape index (κ3) is 3.43. The number of carbonyl (C=O) groups excluding carboxylic acids is 1. The maximum absolute atomic E-state index is 11.9. The number of hydrogen-bond acceptors (Lipinski definition) is 4. The Morgan fingerprint density at radius 1 is 1.30 bits per heavy atom. The summed E-state index contributed by atoms with van der Waals surface area (Å²) in [5.74, 6) is -0.270. The van der Waals surface area contributed by atoms with Gasteiger partial charge in [-0.2, -0.15) is 0 Å². The van der Waals surface area contributed by atoms with Crippen LogP contribution in [0.25, 0.3) is 11.3 Å². The van der Waals surface area contributed by atoms with E-state index in [0.717, 1.165) is 22.0 Å². The van der Waals surface area contributed by atoms with Crippen LogP contribution < -0.4 is 11.1 Å². The van der Waals surface area contributed by atoms with Crippen LogP contribution in [0.2, 0.25) is 0 Å². The van der Waals surface area contributed by atoms with Crippen LogP contribution in [0.4, 0.5) is 5.69 Å². The Labute approximate surface area is 123 Å². The van der Waals surface area contributed by atoms with Gasteiger partial charge in [-0.15, -0.1) is 11.3 Å². The van der Waals surface area contributed by atoms with Crippen LogP contribution in [0.15, 0.2) is 29.6 Å². The zero-order chi connectivity index (χ0) is 14.7. The van der Waals surface area contributed by atoms with Crippen molar-refractivity contribution in [3.8, 4) is 11.3 Å². The lowest BCUT2D eigenvalue weighted by molar-refractivity contribution is -0.119. The Balaban J connectivity index is 2.07. The fraction of sp³-hybridized carbons (Fsp3) is 0.333. The van der Waals surface area contributed by atoms with Gasteiger partial charge in [0.2, 0.25) is 5.91 Å². The van der Waals surface area contributed by atoms with Crippen LogP contribution in [-0.2, 0) is 4.79 Å². The molecule has 0 radical (unpaired) electrons. The van der Waals surface area contributed by atoms with E-state index < -0.39 is 0 Å². The van der Waals surface area contributed by atoms with Gasteiger partial charge < -0.3 is 11.1 Å². The number of hydrogen-bond donors (Lipinski definition) is 2. The first-order chi connectivity index (χ1) is 9.47. The van der Waals surface area contributed by atoms with Crippen molar-refractivity contribution in [3.63, 3.8) is 0 Å². The minimum atomic E-state index is -0.212. The van der Waals surface area contributed by atoms with E-state index in [2.05, 4.69) is 10.3 Å². The Kier molecular flexibility index (Phi) is 4.52. The molecular formula is C15H19N3OS. The topological polar surface area (TPSA) is 68.0 Å². The molecular weight excluding hydrogens is 270 g/mol. The lowest BCUT2D eigenvalue weighted by Gasteiger charge is -2.15. The van der Waals surface area contributed by atoms with Crippen molar-refractivity contribution in [2.45, 2.75) is 26.8 Å². The molecule has 1 heterocycles. The van der Waals surface area contributed by atoms with Gasteiger partial charge in [0.05, 0.1) is 16.6 Å². The highest BCUT2D eigenvalue weighted by molar-refractivity contribution is 7.09. The highest BCUT2D eigenvalue weighted by atomic mass is 32.1. The maximum Gasteiger partial charge on any atom is 0.228 e. The number of nitrogens with zero attached hydrogens (tertiary/aromatic N) is 1. The van der Waals surface area contributed by atoms with E-state index in [9.17, 15) is 4.79 Å². The largest absolute Gasteiger partial charge is 0.327 e. The van der Waals surface area contributed by atoms with Crippen LogP contribution in [0, 0.1) is 12.8 Å². The maximum atomic E-state index is 11.9. The molecule has 5 heteroatoms. The number of amides is 1. The molecule has 20 heavy (non-hydrogen) atoms. The SMILES string of the molecule is Cc1nc(-c2ccc(NC(=O)C(C)C(C)N)cc2)cs1. The molecule has 0 saturated carbocycles. The fourth-order valence-corrected chi connectivity index (χ4v) is 2.34. The summed E-state index contributed by atoms with van der Waals surface area (Å²) < 4.78 is 0. The first kappa shape index (κ1) is 14.7. The van der Waals surface area contributed by atoms with Gasteiger partial charge in [-0.1, -0.05) is 19.1 Å². The van der Waals surface area contributed by atoms with E-state index in [1.54, 1.807) is 11.3 Å². The molecule has 3 N–H and O–H groups in total. The molecule has 2 atom stereocenters. The number of rotatable bonds is 4. The van der Waals surface area contributed by atoms with Gasteiger partial charge in [0.15, 0.2) is 0 Å². The van der Waals surface area contributed by atoms with Gasteiger partial charge in [0.25, 0.3) is 0 Å². The molecule has 1 aromatic carbocycles. The molecule has 106 valence electrons. The molecule has 0 spiro atoms. The standard InChI is InChI=1S/C15H19N3OS/c1-9(10(2)16)15(19)18-13-6-4-12(5-7-13)14-8-20-11(3)17-14/h4-10H,16H2,1-3H3,(H,18,19). The molecule has 0 bridgehead atoms. The van der Waals surface area contributed by atoms with Crippen molar-refractivity contribution in [3.05, 3.63) is 34.7 Å². The van der Waals surface area contributed by atoms with Crippen molar-refractivity contribution in [1.29, 1.82) is 0 Å². The van der Waals surface area contributed by atoms with Crippen molar-refractivity contribution in [1.82, 2.24) is 4.98 Å². The van der Waals surface area contributed by atoms with E-state index in [4.69, 9.17) is 5.73 Å². The average molecular weight is 289 g/mol. The molecule has 2 unspecified atom stereocenters. The number of nitrogens with two attached hydrogens (primary N) is 1. The first-order valence-corrected chi connectivity index (χ1v) is 7.44. The number of benzene rings is 1. The summed E-state index contributed by atoms with van der Waals surface area (Å²) in [4.78, 5) is 16.3. The molecule has 1 amide bonds. The summed E-state index contributed by atoms with van der Waals surface area (Å²) in [5.41, 5.74) is 8.52. The van der Waals surface area contributed by atoms with Gasteiger partial charge in [-0.25, -0.2) is 4.98 Å². The number of aryl methyl sites for hydroxylation is 1. The smallest absolute Gasteiger partial charge is 0.228 e. The normalized spacial score (nSPS) is 13.8. The molecule has 2 rings (SSSR count). The summed E-state index contributed by atoms with van der Waals surface area (Å²) in [5, 5.41) is 5.94. The number of anilines is 1. The highest BCUT2D eigenvalue weighted by Gasteiger charge is 2.16. The second-order valence-electron chi connectivity index (χ2n) is 4.97. The number of aromatic nitrogens is 1. The highest BCUT2D eigenvalue weighted by Crippen LogP contribution is 2.23. The predicted molar refractivity (Wildman–Crippen MR) is 83.7 cm³/mol. The lowest BCUT2D eigenvalue weighted by atomic mass is 10.0. The Morgan fingerprint density at radius 2 is 1.95 bits per heavy atom. The van der Waals surface area contributed by atoms with Crippen molar-refractivity contribution in [2.75, 3.05) is 5.32 Å². The zero-order valence-corrected chi connectivity index (χ0v) is 12.7. The summed E-state index contributed by atoms with van der Waals surface area (Å²) in [6, 6.07) is 7.53. The van der Waals surface area contributed by atoms with E-state index in [-0.39, 0.29) is 17.9 Å². The summed E-state index contributed by atoms with van der Waals surface area (Å²) in [6.45, 7) is 5.64.